The minimum atomic E-state index is -1.07. The lowest BCUT2D eigenvalue weighted by atomic mass is 9.86. The van der Waals surface area contributed by atoms with Crippen molar-refractivity contribution in [2.45, 2.75) is 32.1 Å². The van der Waals surface area contributed by atoms with Crippen molar-refractivity contribution in [3.63, 3.8) is 0 Å². The van der Waals surface area contributed by atoms with Crippen molar-refractivity contribution in [3.05, 3.63) is 46.2 Å². The summed E-state index contributed by atoms with van der Waals surface area (Å²) >= 11 is 7.01. The first kappa shape index (κ1) is 28.1. The first-order chi connectivity index (χ1) is 19.1. The third kappa shape index (κ3) is 5.72. The molecule has 12 heteroatoms. The van der Waals surface area contributed by atoms with Crippen LogP contribution in [0, 0.1) is 17.0 Å². The van der Waals surface area contributed by atoms with E-state index in [4.69, 9.17) is 16.3 Å². The molecule has 0 bridgehead atoms. The molecule has 1 fully saturated rings. The molecule has 1 unspecified atom stereocenters. The molecular formula is C28H28ClFN4O5S. The minimum Gasteiger partial charge on any atom is -0.481 e. The van der Waals surface area contributed by atoms with Gasteiger partial charge in [-0.1, -0.05) is 29.0 Å². The van der Waals surface area contributed by atoms with Crippen molar-refractivity contribution in [2.24, 2.45) is 11.8 Å². The molecule has 0 saturated carbocycles. The van der Waals surface area contributed by atoms with Crippen LogP contribution in [0.5, 0.6) is 0 Å². The predicted molar refractivity (Wildman–Crippen MR) is 150 cm³/mol. The Kier molecular flexibility index (Phi) is 8.16. The molecule has 2 amide bonds. The van der Waals surface area contributed by atoms with Gasteiger partial charge in [0.1, 0.15) is 11.5 Å². The molecule has 40 heavy (non-hydrogen) atoms. The lowest BCUT2D eigenvalue weighted by molar-refractivity contribution is -0.141. The summed E-state index contributed by atoms with van der Waals surface area (Å²) < 4.78 is 20.8. The maximum Gasteiger partial charge on any atom is 0.304 e. The Labute approximate surface area is 239 Å². The van der Waals surface area contributed by atoms with Crippen molar-refractivity contribution >= 4 is 51.7 Å². The van der Waals surface area contributed by atoms with Crippen LogP contribution in [0.15, 0.2) is 30.5 Å². The Hall–Kier alpha value is -3.41. The number of likely N-dealkylation sites (N-methyl/N-ethyl adjacent to an activating group) is 1. The minimum absolute atomic E-state index is 0.0186. The number of aliphatic carboxylic acids is 1. The summed E-state index contributed by atoms with van der Waals surface area (Å²) in [6, 6.07) is 6.87. The number of hydrogen-bond donors (Lipinski definition) is 1. The van der Waals surface area contributed by atoms with Crippen LogP contribution < -0.4 is 9.80 Å². The zero-order valence-electron chi connectivity index (χ0n) is 22.0. The van der Waals surface area contributed by atoms with Gasteiger partial charge < -0.3 is 9.84 Å². The molecule has 2 aliphatic rings. The second kappa shape index (κ2) is 11.6. The number of nitrogens with zero attached hydrogens (tertiary/aromatic N) is 4. The van der Waals surface area contributed by atoms with Gasteiger partial charge in [-0.15, -0.1) is 0 Å². The monoisotopic (exact) mass is 586 g/mol. The van der Waals surface area contributed by atoms with Crippen molar-refractivity contribution < 1.29 is 28.6 Å². The number of ether oxygens (including phenoxy) is 1. The number of fused-ring (bicyclic) bond motifs is 1. The van der Waals surface area contributed by atoms with Crippen LogP contribution >= 0.6 is 22.9 Å². The Morgan fingerprint density at radius 3 is 2.75 bits per heavy atom. The summed E-state index contributed by atoms with van der Waals surface area (Å²) in [7, 11) is 3.16. The smallest absolute Gasteiger partial charge is 0.304 e. The van der Waals surface area contributed by atoms with E-state index in [9.17, 15) is 19.5 Å². The van der Waals surface area contributed by atoms with E-state index < -0.39 is 22.9 Å². The molecule has 0 spiro atoms. The van der Waals surface area contributed by atoms with Gasteiger partial charge in [0.2, 0.25) is 16.9 Å². The van der Waals surface area contributed by atoms with Crippen LogP contribution in [0.2, 0.25) is 5.02 Å². The number of amides is 2. The summed E-state index contributed by atoms with van der Waals surface area (Å²) in [6.07, 6.45) is 3.48. The number of hydrogen-bond acceptors (Lipinski definition) is 7. The second-order valence-electron chi connectivity index (χ2n) is 10.1. The van der Waals surface area contributed by atoms with Crippen LogP contribution in [-0.4, -0.2) is 60.2 Å². The molecule has 2 aliphatic heterocycles. The van der Waals surface area contributed by atoms with E-state index in [1.165, 1.54) is 16.8 Å². The van der Waals surface area contributed by atoms with Crippen LogP contribution in [0.25, 0.3) is 22.4 Å². The maximum absolute atomic E-state index is 15.5. The van der Waals surface area contributed by atoms with Gasteiger partial charge in [-0.05, 0) is 48.9 Å². The largest absolute Gasteiger partial charge is 0.481 e. The van der Waals surface area contributed by atoms with E-state index in [1.54, 1.807) is 31.4 Å². The number of carboxylic acids is 1. The highest BCUT2D eigenvalue weighted by atomic mass is 35.5. The molecule has 9 nitrogen and oxygen atoms in total. The molecule has 3 aromatic rings. The number of benzene rings is 1. The van der Waals surface area contributed by atoms with Crippen molar-refractivity contribution in [3.8, 4) is 22.4 Å². The number of rotatable bonds is 8. The number of carbonyl (C=O) groups is 3. The highest BCUT2D eigenvalue weighted by molar-refractivity contribution is 7.14. The van der Waals surface area contributed by atoms with Crippen LogP contribution in [-0.2, 0) is 25.5 Å². The van der Waals surface area contributed by atoms with Gasteiger partial charge >= 0.3 is 5.97 Å². The summed E-state index contributed by atoms with van der Waals surface area (Å²) in [4.78, 5) is 48.8. The number of aromatic nitrogens is 2. The van der Waals surface area contributed by atoms with Gasteiger partial charge in [-0.3, -0.25) is 24.2 Å². The van der Waals surface area contributed by atoms with E-state index in [0.29, 0.717) is 58.5 Å². The summed E-state index contributed by atoms with van der Waals surface area (Å²) in [5.41, 5.74) is 2.49. The molecule has 0 aliphatic carbocycles. The Morgan fingerprint density at radius 1 is 1.27 bits per heavy atom. The molecule has 4 heterocycles. The van der Waals surface area contributed by atoms with Gasteiger partial charge in [0, 0.05) is 61.1 Å². The standard InChI is InChI=1S/C28H28ClFN4O5S/c1-33-22(35)11-16-10-18(14-31-26(16)33)20-4-3-19(29)13-21(20)24-25(30)40-28(32-24)34(2)27(38)17(12-23(36)37)9-15-5-7-39-8-6-15/h3-4,10,13-15,17H,5-9,11-12H2,1-2H3,(H,36,37). The normalized spacial score (nSPS) is 16.2. The Bertz CT molecular complexity index is 1470. The molecular weight excluding hydrogens is 559 g/mol. The first-order valence-corrected chi connectivity index (χ1v) is 14.1. The zero-order valence-corrected chi connectivity index (χ0v) is 23.6. The van der Waals surface area contributed by atoms with Crippen LogP contribution in [0.3, 0.4) is 0 Å². The summed E-state index contributed by atoms with van der Waals surface area (Å²) in [5, 5.41) is 9.34. The number of anilines is 2. The van der Waals surface area contributed by atoms with Crippen LogP contribution in [0.4, 0.5) is 15.3 Å². The van der Waals surface area contributed by atoms with Crippen LogP contribution in [0.1, 0.15) is 31.2 Å². The average molecular weight is 587 g/mol. The van der Waals surface area contributed by atoms with Crippen molar-refractivity contribution in [1.29, 1.82) is 0 Å². The lowest BCUT2D eigenvalue weighted by Gasteiger charge is -2.27. The third-order valence-electron chi connectivity index (χ3n) is 7.45. The van der Waals surface area contributed by atoms with E-state index >= 15 is 4.39 Å². The van der Waals surface area contributed by atoms with Gasteiger partial charge in [0.05, 0.1) is 12.8 Å². The van der Waals surface area contributed by atoms with E-state index in [2.05, 4.69) is 9.97 Å². The molecule has 0 radical (unpaired) electrons. The molecule has 210 valence electrons. The fourth-order valence-electron chi connectivity index (χ4n) is 5.28. The summed E-state index contributed by atoms with van der Waals surface area (Å²) in [6.45, 7) is 1.18. The second-order valence-corrected chi connectivity index (χ2v) is 11.5. The molecule has 2 aromatic heterocycles. The number of carboxylic acid groups (broad SMARTS) is 1. The predicted octanol–water partition coefficient (Wildman–Crippen LogP) is 5.05. The highest BCUT2D eigenvalue weighted by Crippen LogP contribution is 2.40. The fourth-order valence-corrected chi connectivity index (χ4v) is 6.23. The van der Waals surface area contributed by atoms with Gasteiger partial charge in [0.15, 0.2) is 5.13 Å². The Balaban J connectivity index is 1.45. The quantitative estimate of drug-likeness (QED) is 0.393. The maximum atomic E-state index is 15.5. The number of halogens is 2. The number of carbonyl (C=O) groups excluding carboxylic acids is 2. The summed E-state index contributed by atoms with van der Waals surface area (Å²) in [5.74, 6) is -1.54. The Morgan fingerprint density at radius 2 is 2.02 bits per heavy atom. The number of pyridine rings is 1. The molecule has 1 atom stereocenters. The number of thiazole rings is 1. The SMILES string of the molecule is CN(C(=O)C(CC(=O)O)CC1CCOCC1)c1nc(-c2cc(Cl)ccc2-c2cnc3c(c2)CC(=O)N3C)c(F)s1. The van der Waals surface area contributed by atoms with E-state index in [1.807, 2.05) is 6.07 Å². The van der Waals surface area contributed by atoms with Gasteiger partial charge in [-0.25, -0.2) is 9.97 Å². The average Bonchev–Trinajstić information content (AvgIpc) is 3.46. The topological polar surface area (TPSA) is 113 Å². The molecule has 1 N–H and O–H groups in total. The first-order valence-electron chi connectivity index (χ1n) is 12.9. The van der Waals surface area contributed by atoms with Crippen molar-refractivity contribution in [2.75, 3.05) is 37.1 Å². The highest BCUT2D eigenvalue weighted by Gasteiger charge is 2.32. The fraction of sp³-hybridized carbons (Fsp3) is 0.393. The van der Waals surface area contributed by atoms with Crippen molar-refractivity contribution in [1.82, 2.24) is 9.97 Å². The van der Waals surface area contributed by atoms with E-state index in [0.717, 1.165) is 18.4 Å². The molecule has 1 aromatic carbocycles. The third-order valence-corrected chi connectivity index (χ3v) is 8.60. The molecule has 1 saturated heterocycles. The lowest BCUT2D eigenvalue weighted by Crippen LogP contribution is -2.35. The van der Waals surface area contributed by atoms with E-state index in [-0.39, 0.29) is 35.5 Å². The zero-order chi connectivity index (χ0) is 28.6. The molecule has 5 rings (SSSR count). The van der Waals surface area contributed by atoms with Gasteiger partial charge in [0.25, 0.3) is 0 Å². The van der Waals surface area contributed by atoms with Gasteiger partial charge in [-0.2, -0.15) is 4.39 Å².